The van der Waals surface area contributed by atoms with Crippen LogP contribution in [0.5, 0.6) is 5.75 Å². The number of amidine groups is 1. The van der Waals surface area contributed by atoms with Crippen LogP contribution in [0, 0.1) is 6.92 Å². The maximum atomic E-state index is 13.2. The number of thioether (sulfide) groups is 1. The van der Waals surface area contributed by atoms with Crippen molar-refractivity contribution < 1.29 is 9.53 Å². The molecular formula is C25H22N4O2S. The maximum absolute atomic E-state index is 13.2. The molecule has 3 aromatic rings. The number of hydrogen-bond donors (Lipinski definition) is 1. The minimum atomic E-state index is -0.442. The summed E-state index contributed by atoms with van der Waals surface area (Å²) in [6.45, 7) is 2.00. The molecule has 2 heterocycles. The first kappa shape index (κ1) is 20.3. The molecule has 0 bridgehead atoms. The van der Waals surface area contributed by atoms with E-state index in [2.05, 4.69) is 17.4 Å². The van der Waals surface area contributed by atoms with Crippen molar-refractivity contribution in [2.24, 2.45) is 10.1 Å². The molecule has 3 aromatic carbocycles. The number of nitrogens with zero attached hydrogens (tertiary/aromatic N) is 3. The van der Waals surface area contributed by atoms with Crippen molar-refractivity contribution in [3.05, 3.63) is 100 Å². The second-order valence-corrected chi connectivity index (χ2v) is 8.54. The zero-order valence-electron chi connectivity index (χ0n) is 17.8. The standard InChI is InChI=1S/C25H22N4O2S/c1-16-14-18(12-13-21(16)31-2)23-26-20-11-7-6-10-19(20)22-24(30)27-25(28-29(22)23)32-15-17-8-4-3-5-9-17/h3-14,23H,15H2,1-2H3,(H,27,28,30)/t23-/m1/s1. The number of carbonyl (C=O) groups is 1. The minimum Gasteiger partial charge on any atom is -0.496 e. The van der Waals surface area contributed by atoms with Crippen LogP contribution in [0.2, 0.25) is 0 Å². The highest BCUT2D eigenvalue weighted by atomic mass is 32.2. The van der Waals surface area contributed by atoms with Gasteiger partial charge in [0.2, 0.25) is 0 Å². The molecule has 0 radical (unpaired) electrons. The summed E-state index contributed by atoms with van der Waals surface area (Å²) in [5.41, 5.74) is 3.63. The summed E-state index contributed by atoms with van der Waals surface area (Å²) in [4.78, 5) is 18.2. The van der Waals surface area contributed by atoms with Gasteiger partial charge in [-0.2, -0.15) is 0 Å². The van der Waals surface area contributed by atoms with E-state index in [1.807, 2.05) is 67.6 Å². The van der Waals surface area contributed by atoms with Crippen LogP contribution in [-0.2, 0) is 10.5 Å². The number of nitrogens with one attached hydrogen (secondary N) is 1. The summed E-state index contributed by atoms with van der Waals surface area (Å²) in [6, 6.07) is 23.7. The first-order valence-corrected chi connectivity index (χ1v) is 11.3. The molecule has 5 rings (SSSR count). The Hall–Kier alpha value is -3.58. The van der Waals surface area contributed by atoms with Gasteiger partial charge in [-0.25, -0.2) is 5.01 Å². The minimum absolute atomic E-state index is 0.173. The average Bonchev–Trinajstić information content (AvgIpc) is 2.82. The molecule has 6 nitrogen and oxygen atoms in total. The van der Waals surface area contributed by atoms with Crippen molar-refractivity contribution in [1.29, 1.82) is 0 Å². The van der Waals surface area contributed by atoms with Gasteiger partial charge in [-0.1, -0.05) is 66.4 Å². The Balaban J connectivity index is 1.58. The summed E-state index contributed by atoms with van der Waals surface area (Å²) in [5, 5.41) is 11.6. The zero-order valence-corrected chi connectivity index (χ0v) is 18.6. The molecule has 0 aromatic heterocycles. The Morgan fingerprint density at radius 1 is 1.06 bits per heavy atom. The molecule has 1 atom stereocenters. The second kappa shape index (κ2) is 8.51. The summed E-state index contributed by atoms with van der Waals surface area (Å²) in [7, 11) is 1.66. The molecule has 0 saturated heterocycles. The Bertz CT molecular complexity index is 1340. The fraction of sp³-hybridized carbons (Fsp3) is 0.160. The lowest BCUT2D eigenvalue weighted by Gasteiger charge is -2.34. The van der Waals surface area contributed by atoms with Gasteiger partial charge in [-0.3, -0.25) is 15.1 Å². The van der Waals surface area contributed by atoms with Crippen LogP contribution in [0.1, 0.15) is 22.9 Å². The number of fused-ring (bicyclic) bond motifs is 2. The number of methoxy groups -OCH3 is 1. The van der Waals surface area contributed by atoms with Crippen LogP contribution in [0.25, 0.3) is 5.70 Å². The lowest BCUT2D eigenvalue weighted by molar-refractivity contribution is -0.116. The predicted molar refractivity (Wildman–Crippen MR) is 126 cm³/mol. The van der Waals surface area contributed by atoms with Crippen molar-refractivity contribution in [2.75, 3.05) is 7.11 Å². The van der Waals surface area contributed by atoms with Crippen LogP contribution in [0.3, 0.4) is 0 Å². The molecule has 2 aliphatic heterocycles. The third kappa shape index (κ3) is 3.76. The SMILES string of the molecule is COc1ccc([C@@H]2N=c3ccccc3=C3C(=O)NC(SCc4ccccc4)=NN32)cc1C. The fourth-order valence-corrected chi connectivity index (χ4v) is 4.70. The highest BCUT2D eigenvalue weighted by Crippen LogP contribution is 2.33. The van der Waals surface area contributed by atoms with Gasteiger partial charge in [0.15, 0.2) is 11.3 Å². The van der Waals surface area contributed by atoms with E-state index in [9.17, 15) is 4.79 Å². The van der Waals surface area contributed by atoms with Crippen molar-refractivity contribution in [1.82, 2.24) is 10.3 Å². The number of para-hydroxylation sites is 1. The molecule has 0 aliphatic carbocycles. The molecule has 0 unspecified atom stereocenters. The number of hydrazone groups is 1. The molecule has 0 spiro atoms. The first-order chi connectivity index (χ1) is 15.6. The number of aryl methyl sites for hydroxylation is 1. The topological polar surface area (TPSA) is 66.3 Å². The van der Waals surface area contributed by atoms with Gasteiger partial charge in [0, 0.05) is 11.0 Å². The largest absolute Gasteiger partial charge is 0.496 e. The predicted octanol–water partition coefficient (Wildman–Crippen LogP) is 3.08. The summed E-state index contributed by atoms with van der Waals surface area (Å²) >= 11 is 1.50. The van der Waals surface area contributed by atoms with Crippen molar-refractivity contribution >= 4 is 28.5 Å². The second-order valence-electron chi connectivity index (χ2n) is 7.58. The van der Waals surface area contributed by atoms with E-state index in [0.29, 0.717) is 16.6 Å². The van der Waals surface area contributed by atoms with Crippen LogP contribution < -0.4 is 20.6 Å². The lowest BCUT2D eigenvalue weighted by Crippen LogP contribution is -2.50. The Labute approximate surface area is 190 Å². The van der Waals surface area contributed by atoms with Crippen molar-refractivity contribution in [3.8, 4) is 5.75 Å². The molecule has 0 fully saturated rings. The average molecular weight is 443 g/mol. The van der Waals surface area contributed by atoms with Crippen LogP contribution in [0.15, 0.2) is 82.9 Å². The number of hydrogen-bond acceptors (Lipinski definition) is 6. The van der Waals surface area contributed by atoms with Crippen LogP contribution >= 0.6 is 11.8 Å². The summed E-state index contributed by atoms with van der Waals surface area (Å²) < 4.78 is 5.41. The molecule has 2 aliphatic rings. The first-order valence-electron chi connectivity index (χ1n) is 10.3. The molecule has 0 saturated carbocycles. The third-order valence-electron chi connectivity index (χ3n) is 5.45. The zero-order chi connectivity index (χ0) is 22.1. The van der Waals surface area contributed by atoms with E-state index in [1.165, 1.54) is 17.3 Å². The quantitative estimate of drug-likeness (QED) is 0.674. The smallest absolute Gasteiger partial charge is 0.276 e. The molecular weight excluding hydrogens is 420 g/mol. The Morgan fingerprint density at radius 2 is 1.84 bits per heavy atom. The lowest BCUT2D eigenvalue weighted by atomic mass is 10.1. The van der Waals surface area contributed by atoms with E-state index in [0.717, 1.165) is 27.5 Å². The highest BCUT2D eigenvalue weighted by molar-refractivity contribution is 8.13. The van der Waals surface area contributed by atoms with Gasteiger partial charge in [0.25, 0.3) is 5.91 Å². The number of benzene rings is 3. The van der Waals surface area contributed by atoms with Gasteiger partial charge < -0.3 is 4.74 Å². The molecule has 7 heteroatoms. The fourth-order valence-electron chi connectivity index (χ4n) is 3.90. The third-order valence-corrected chi connectivity index (χ3v) is 6.39. The monoisotopic (exact) mass is 442 g/mol. The van der Waals surface area contributed by atoms with Gasteiger partial charge >= 0.3 is 0 Å². The maximum Gasteiger partial charge on any atom is 0.276 e. The van der Waals surface area contributed by atoms with Gasteiger partial charge in [0.05, 0.1) is 12.5 Å². The normalized spacial score (nSPS) is 17.0. The molecule has 1 N–H and O–H groups in total. The van der Waals surface area contributed by atoms with Crippen molar-refractivity contribution in [2.45, 2.75) is 18.8 Å². The molecule has 1 amide bonds. The number of rotatable bonds is 4. The highest BCUT2D eigenvalue weighted by Gasteiger charge is 2.34. The van der Waals surface area contributed by atoms with Gasteiger partial charge in [-0.15, -0.1) is 5.10 Å². The van der Waals surface area contributed by atoms with Crippen molar-refractivity contribution in [3.63, 3.8) is 0 Å². The van der Waals surface area contributed by atoms with E-state index < -0.39 is 6.17 Å². The van der Waals surface area contributed by atoms with E-state index in [-0.39, 0.29) is 5.91 Å². The Morgan fingerprint density at radius 3 is 2.62 bits per heavy atom. The van der Waals surface area contributed by atoms with E-state index >= 15 is 0 Å². The summed E-state index contributed by atoms with van der Waals surface area (Å²) in [6.07, 6.45) is -0.442. The molecule has 32 heavy (non-hydrogen) atoms. The number of carbonyl (C=O) groups excluding carboxylic acids is 1. The Kier molecular flexibility index (Phi) is 5.41. The summed E-state index contributed by atoms with van der Waals surface area (Å²) in [5.74, 6) is 1.35. The van der Waals surface area contributed by atoms with Gasteiger partial charge in [0.1, 0.15) is 11.4 Å². The number of ether oxygens (including phenoxy) is 1. The van der Waals surface area contributed by atoms with Gasteiger partial charge in [-0.05, 0) is 41.8 Å². The number of amides is 1. The van der Waals surface area contributed by atoms with Crippen LogP contribution in [0.4, 0.5) is 0 Å². The van der Waals surface area contributed by atoms with E-state index in [4.69, 9.17) is 14.8 Å². The van der Waals surface area contributed by atoms with E-state index in [1.54, 1.807) is 12.1 Å². The van der Waals surface area contributed by atoms with Crippen LogP contribution in [-0.4, -0.2) is 23.2 Å². The molecule has 160 valence electrons.